The summed E-state index contributed by atoms with van der Waals surface area (Å²) in [6.07, 6.45) is 2.54. The number of hydrogen-bond donors (Lipinski definition) is 2. The van der Waals surface area contributed by atoms with Crippen molar-refractivity contribution in [2.75, 3.05) is 27.2 Å². The predicted octanol–water partition coefficient (Wildman–Crippen LogP) is 2.93. The van der Waals surface area contributed by atoms with Crippen molar-refractivity contribution in [3.8, 4) is 5.75 Å². The average molecular weight is 456 g/mol. The summed E-state index contributed by atoms with van der Waals surface area (Å²) < 4.78 is 11.2. The Balaban J connectivity index is 0.00000225. The number of rotatable bonds is 5. The topological polar surface area (TPSA) is 76.0 Å². The second-order valence-electron chi connectivity index (χ2n) is 6.09. The van der Waals surface area contributed by atoms with Gasteiger partial charge in [-0.2, -0.15) is 0 Å². The molecule has 25 heavy (non-hydrogen) atoms. The summed E-state index contributed by atoms with van der Waals surface area (Å²) in [4.78, 5) is 6.58. The molecule has 0 fully saturated rings. The van der Waals surface area contributed by atoms with Crippen LogP contribution in [0.1, 0.15) is 29.8 Å². The maximum absolute atomic E-state index is 6.11. The molecular weight excluding hydrogens is 431 g/mol. The lowest BCUT2D eigenvalue weighted by Gasteiger charge is -2.27. The Morgan fingerprint density at radius 2 is 2.12 bits per heavy atom. The fourth-order valence-corrected chi connectivity index (χ4v) is 2.89. The molecule has 136 valence electrons. The minimum atomic E-state index is 0. The van der Waals surface area contributed by atoms with Crippen LogP contribution >= 0.6 is 24.0 Å². The molecule has 0 saturated heterocycles. The van der Waals surface area contributed by atoms with Crippen LogP contribution in [0.3, 0.4) is 0 Å². The summed E-state index contributed by atoms with van der Waals surface area (Å²) in [5.74, 6) is 2.24. The van der Waals surface area contributed by atoms with Crippen LogP contribution in [0.25, 0.3) is 0 Å². The molecule has 0 amide bonds. The number of ether oxygens (including phenoxy) is 1. The van der Waals surface area contributed by atoms with Gasteiger partial charge in [0.15, 0.2) is 5.96 Å². The molecule has 1 aliphatic heterocycles. The smallest absolute Gasteiger partial charge is 0.189 e. The third-order valence-corrected chi connectivity index (χ3v) is 4.21. The minimum absolute atomic E-state index is 0. The van der Waals surface area contributed by atoms with Gasteiger partial charge in [0.1, 0.15) is 11.5 Å². The zero-order valence-corrected chi connectivity index (χ0v) is 16.8. The maximum atomic E-state index is 6.11. The molecular formula is C18H25IN4O2. The first-order chi connectivity index (χ1) is 11.6. The highest BCUT2D eigenvalue weighted by atomic mass is 127. The molecule has 1 aromatic carbocycles. The van der Waals surface area contributed by atoms with Crippen LogP contribution < -0.4 is 15.8 Å². The van der Waals surface area contributed by atoms with Crippen LogP contribution in [0.5, 0.6) is 5.75 Å². The fourth-order valence-electron chi connectivity index (χ4n) is 2.89. The van der Waals surface area contributed by atoms with Gasteiger partial charge < -0.3 is 20.2 Å². The van der Waals surface area contributed by atoms with Gasteiger partial charge >= 0.3 is 0 Å². The monoisotopic (exact) mass is 456 g/mol. The lowest BCUT2D eigenvalue weighted by atomic mass is 10.0. The molecule has 2 aromatic rings. The highest BCUT2D eigenvalue weighted by Gasteiger charge is 2.22. The van der Waals surface area contributed by atoms with Gasteiger partial charge in [-0.3, -0.25) is 9.89 Å². The van der Waals surface area contributed by atoms with E-state index in [9.17, 15) is 0 Å². The number of benzene rings is 1. The van der Waals surface area contributed by atoms with E-state index in [0.29, 0.717) is 19.1 Å². The summed E-state index contributed by atoms with van der Waals surface area (Å²) in [7, 11) is 4.00. The standard InChI is InChI=1S/C18H24N4O2.HI/c1-22(2)15(17-8-5-10-23-17)12-20-18(19)21-14-9-11-24-16-7-4-3-6-13(14)16;/h3-8,10,14-15H,9,11-12H2,1-2H3,(H3,19,20,21);1H. The van der Waals surface area contributed by atoms with E-state index in [2.05, 4.69) is 21.3 Å². The molecule has 6 nitrogen and oxygen atoms in total. The number of fused-ring (bicyclic) bond motifs is 1. The molecule has 7 heteroatoms. The maximum Gasteiger partial charge on any atom is 0.189 e. The number of nitrogens with zero attached hydrogens (tertiary/aromatic N) is 2. The number of aliphatic imine (C=N–C) groups is 1. The Morgan fingerprint density at radius 3 is 2.84 bits per heavy atom. The largest absolute Gasteiger partial charge is 0.493 e. The first-order valence-electron chi connectivity index (χ1n) is 8.13. The molecule has 0 saturated carbocycles. The SMILES string of the molecule is CN(C)C(CN=C(N)NC1CCOc2ccccc21)c1ccco1.I. The van der Waals surface area contributed by atoms with E-state index >= 15 is 0 Å². The van der Waals surface area contributed by atoms with Gasteiger partial charge in [0, 0.05) is 12.0 Å². The summed E-state index contributed by atoms with van der Waals surface area (Å²) in [6.45, 7) is 1.21. The average Bonchev–Trinajstić information content (AvgIpc) is 3.09. The van der Waals surface area contributed by atoms with E-state index in [4.69, 9.17) is 14.9 Å². The number of hydrogen-bond acceptors (Lipinski definition) is 4. The molecule has 3 N–H and O–H groups in total. The van der Waals surface area contributed by atoms with Gasteiger partial charge in [0.05, 0.1) is 31.5 Å². The molecule has 2 atom stereocenters. The van der Waals surface area contributed by atoms with Gasteiger partial charge in [-0.05, 0) is 32.3 Å². The Kier molecular flexibility index (Phi) is 7.12. The zero-order valence-electron chi connectivity index (χ0n) is 14.5. The van der Waals surface area contributed by atoms with Crippen molar-refractivity contribution in [1.29, 1.82) is 0 Å². The van der Waals surface area contributed by atoms with E-state index in [1.807, 2.05) is 44.4 Å². The van der Waals surface area contributed by atoms with Crippen LogP contribution in [-0.4, -0.2) is 38.1 Å². The number of nitrogens with one attached hydrogen (secondary N) is 1. The summed E-state index contributed by atoms with van der Waals surface area (Å²) in [6, 6.07) is 12.1. The lowest BCUT2D eigenvalue weighted by molar-refractivity contribution is 0.260. The van der Waals surface area contributed by atoms with E-state index in [1.54, 1.807) is 6.26 Å². The molecule has 0 radical (unpaired) electrons. The number of nitrogens with two attached hydrogens (primary N) is 1. The fraction of sp³-hybridized carbons (Fsp3) is 0.389. The highest BCUT2D eigenvalue weighted by molar-refractivity contribution is 14.0. The van der Waals surface area contributed by atoms with Crippen LogP contribution in [0.15, 0.2) is 52.1 Å². The van der Waals surface area contributed by atoms with E-state index < -0.39 is 0 Å². The van der Waals surface area contributed by atoms with E-state index in [1.165, 1.54) is 0 Å². The quantitative estimate of drug-likeness (QED) is 0.411. The molecule has 0 bridgehead atoms. The second-order valence-corrected chi connectivity index (χ2v) is 6.09. The second kappa shape index (κ2) is 9.10. The predicted molar refractivity (Wildman–Crippen MR) is 109 cm³/mol. The first-order valence-corrected chi connectivity index (χ1v) is 8.13. The normalized spacial score (nSPS) is 18.0. The molecule has 2 heterocycles. The number of likely N-dealkylation sites (N-methyl/N-ethyl adjacent to an activating group) is 1. The highest BCUT2D eigenvalue weighted by Crippen LogP contribution is 2.31. The van der Waals surface area contributed by atoms with Gasteiger partial charge in [-0.25, -0.2) is 0 Å². The number of para-hydroxylation sites is 1. The summed E-state index contributed by atoms with van der Waals surface area (Å²) in [5.41, 5.74) is 7.23. The molecule has 1 aromatic heterocycles. The van der Waals surface area contributed by atoms with Gasteiger partial charge in [0.25, 0.3) is 0 Å². The van der Waals surface area contributed by atoms with Crippen LogP contribution in [-0.2, 0) is 0 Å². The third kappa shape index (κ3) is 4.88. The minimum Gasteiger partial charge on any atom is -0.493 e. The number of halogens is 1. The van der Waals surface area contributed by atoms with Gasteiger partial charge in [-0.15, -0.1) is 24.0 Å². The Morgan fingerprint density at radius 1 is 1.32 bits per heavy atom. The van der Waals surface area contributed by atoms with Crippen molar-refractivity contribution < 1.29 is 9.15 Å². The van der Waals surface area contributed by atoms with Crippen LogP contribution in [0.2, 0.25) is 0 Å². The third-order valence-electron chi connectivity index (χ3n) is 4.21. The van der Waals surface area contributed by atoms with Crippen LogP contribution in [0.4, 0.5) is 0 Å². The van der Waals surface area contributed by atoms with Crippen molar-refractivity contribution in [3.05, 3.63) is 54.0 Å². The molecule has 2 unspecified atom stereocenters. The molecule has 0 spiro atoms. The summed E-state index contributed by atoms with van der Waals surface area (Å²) in [5, 5.41) is 3.31. The molecule has 3 rings (SSSR count). The Hall–Kier alpha value is -1.74. The summed E-state index contributed by atoms with van der Waals surface area (Å²) >= 11 is 0. The van der Waals surface area contributed by atoms with E-state index in [-0.39, 0.29) is 36.1 Å². The number of furan rings is 1. The van der Waals surface area contributed by atoms with Crippen LogP contribution in [0, 0.1) is 0 Å². The first kappa shape index (κ1) is 19.6. The van der Waals surface area contributed by atoms with E-state index in [0.717, 1.165) is 23.5 Å². The van der Waals surface area contributed by atoms with Gasteiger partial charge in [0.2, 0.25) is 0 Å². The lowest BCUT2D eigenvalue weighted by Crippen LogP contribution is -2.38. The van der Waals surface area contributed by atoms with Crippen molar-refractivity contribution in [2.45, 2.75) is 18.5 Å². The zero-order chi connectivity index (χ0) is 16.9. The molecule has 0 aliphatic carbocycles. The van der Waals surface area contributed by atoms with Crippen molar-refractivity contribution in [3.63, 3.8) is 0 Å². The van der Waals surface area contributed by atoms with Crippen molar-refractivity contribution in [2.24, 2.45) is 10.7 Å². The molecule has 1 aliphatic rings. The van der Waals surface area contributed by atoms with Crippen molar-refractivity contribution >= 4 is 29.9 Å². The Labute approximate surface area is 165 Å². The van der Waals surface area contributed by atoms with Gasteiger partial charge in [-0.1, -0.05) is 18.2 Å². The Bertz CT molecular complexity index is 688. The van der Waals surface area contributed by atoms with Crippen molar-refractivity contribution in [1.82, 2.24) is 10.2 Å². The number of guanidine groups is 1.